The highest BCUT2D eigenvalue weighted by molar-refractivity contribution is 5.43. The molecular formula is C15H23NO4. The number of benzene rings is 1. The Bertz CT molecular complexity index is 416. The molecule has 0 saturated carbocycles. The van der Waals surface area contributed by atoms with Crippen molar-refractivity contribution in [3.8, 4) is 11.5 Å². The number of hydrogen-bond donors (Lipinski definition) is 1. The standard InChI is InChI=1S/C15H23NO4/c1-12(17)13-3-4-14(15(11-13)18-2)20-10-7-16-5-8-19-9-6-16/h3-4,11-12,17H,5-10H2,1-2H3/t12-/m1/s1. The van der Waals surface area contributed by atoms with E-state index in [0.29, 0.717) is 18.1 Å². The Morgan fingerprint density at radius 1 is 1.30 bits per heavy atom. The summed E-state index contributed by atoms with van der Waals surface area (Å²) in [6, 6.07) is 5.52. The highest BCUT2D eigenvalue weighted by Gasteiger charge is 2.12. The van der Waals surface area contributed by atoms with Crippen LogP contribution in [0.1, 0.15) is 18.6 Å². The number of aliphatic hydroxyl groups excluding tert-OH is 1. The lowest BCUT2D eigenvalue weighted by Crippen LogP contribution is -2.38. The van der Waals surface area contributed by atoms with E-state index in [1.165, 1.54) is 0 Å². The van der Waals surface area contributed by atoms with Gasteiger partial charge in [-0.1, -0.05) is 6.07 Å². The first-order valence-corrected chi connectivity index (χ1v) is 6.99. The first-order valence-electron chi connectivity index (χ1n) is 6.99. The van der Waals surface area contributed by atoms with Crippen LogP contribution in [0.15, 0.2) is 18.2 Å². The van der Waals surface area contributed by atoms with Gasteiger partial charge in [0.25, 0.3) is 0 Å². The average Bonchev–Trinajstić information content (AvgIpc) is 2.48. The van der Waals surface area contributed by atoms with E-state index in [4.69, 9.17) is 14.2 Å². The monoisotopic (exact) mass is 281 g/mol. The van der Waals surface area contributed by atoms with Crippen LogP contribution in [-0.4, -0.2) is 56.6 Å². The lowest BCUT2D eigenvalue weighted by Gasteiger charge is -2.26. The Morgan fingerprint density at radius 2 is 2.05 bits per heavy atom. The van der Waals surface area contributed by atoms with Gasteiger partial charge >= 0.3 is 0 Å². The van der Waals surface area contributed by atoms with Crippen molar-refractivity contribution >= 4 is 0 Å². The molecule has 0 unspecified atom stereocenters. The van der Waals surface area contributed by atoms with Gasteiger partial charge < -0.3 is 19.3 Å². The molecule has 1 aromatic carbocycles. The van der Waals surface area contributed by atoms with Crippen molar-refractivity contribution in [3.05, 3.63) is 23.8 Å². The summed E-state index contributed by atoms with van der Waals surface area (Å²) in [4.78, 5) is 2.32. The highest BCUT2D eigenvalue weighted by atomic mass is 16.5. The molecule has 5 heteroatoms. The zero-order valence-electron chi connectivity index (χ0n) is 12.2. The van der Waals surface area contributed by atoms with Crippen molar-refractivity contribution in [2.45, 2.75) is 13.0 Å². The predicted octanol–water partition coefficient (Wildman–Crippen LogP) is 1.46. The Hall–Kier alpha value is -1.30. The molecule has 1 atom stereocenters. The van der Waals surface area contributed by atoms with E-state index in [9.17, 15) is 5.11 Å². The van der Waals surface area contributed by atoms with Crippen LogP contribution in [-0.2, 0) is 4.74 Å². The van der Waals surface area contributed by atoms with Crippen LogP contribution < -0.4 is 9.47 Å². The van der Waals surface area contributed by atoms with Crippen molar-refractivity contribution < 1.29 is 19.3 Å². The Kier molecular flexibility index (Phi) is 5.64. The van der Waals surface area contributed by atoms with Crippen molar-refractivity contribution in [2.75, 3.05) is 46.6 Å². The number of aliphatic hydroxyl groups is 1. The van der Waals surface area contributed by atoms with Crippen molar-refractivity contribution in [1.82, 2.24) is 4.90 Å². The van der Waals surface area contributed by atoms with Crippen LogP contribution in [0.5, 0.6) is 11.5 Å². The van der Waals surface area contributed by atoms with Crippen LogP contribution in [0.3, 0.4) is 0 Å². The lowest BCUT2D eigenvalue weighted by atomic mass is 10.1. The average molecular weight is 281 g/mol. The van der Waals surface area contributed by atoms with Gasteiger partial charge in [0.05, 0.1) is 26.4 Å². The molecule has 1 heterocycles. The van der Waals surface area contributed by atoms with E-state index in [1.807, 2.05) is 18.2 Å². The van der Waals surface area contributed by atoms with Crippen LogP contribution in [0.4, 0.5) is 0 Å². The normalized spacial score (nSPS) is 17.8. The summed E-state index contributed by atoms with van der Waals surface area (Å²) in [5, 5.41) is 9.57. The molecule has 0 aliphatic carbocycles. The molecule has 0 amide bonds. The third-order valence-corrected chi connectivity index (χ3v) is 3.44. The van der Waals surface area contributed by atoms with Gasteiger partial charge in [-0.15, -0.1) is 0 Å². The molecule has 0 spiro atoms. The van der Waals surface area contributed by atoms with Crippen molar-refractivity contribution in [1.29, 1.82) is 0 Å². The summed E-state index contributed by atoms with van der Waals surface area (Å²) < 4.78 is 16.4. The quantitative estimate of drug-likeness (QED) is 0.855. The Labute approximate surface area is 120 Å². The van der Waals surface area contributed by atoms with E-state index in [0.717, 1.165) is 38.4 Å². The number of rotatable bonds is 6. The van der Waals surface area contributed by atoms with Crippen LogP contribution in [0.2, 0.25) is 0 Å². The molecule has 1 aliphatic rings. The summed E-state index contributed by atoms with van der Waals surface area (Å²) in [6.45, 7) is 6.74. The number of methoxy groups -OCH3 is 1. The van der Waals surface area contributed by atoms with E-state index in [1.54, 1.807) is 14.0 Å². The minimum atomic E-state index is -0.508. The van der Waals surface area contributed by atoms with Gasteiger partial charge in [0.2, 0.25) is 0 Å². The molecule has 5 nitrogen and oxygen atoms in total. The smallest absolute Gasteiger partial charge is 0.161 e. The van der Waals surface area contributed by atoms with Crippen LogP contribution >= 0.6 is 0 Å². The first kappa shape index (κ1) is 15.1. The number of ether oxygens (including phenoxy) is 3. The first-order chi connectivity index (χ1) is 9.70. The van der Waals surface area contributed by atoms with E-state index >= 15 is 0 Å². The second-order valence-corrected chi connectivity index (χ2v) is 4.89. The third kappa shape index (κ3) is 4.10. The van der Waals surface area contributed by atoms with Gasteiger partial charge in [0, 0.05) is 19.6 Å². The molecule has 20 heavy (non-hydrogen) atoms. The summed E-state index contributed by atoms with van der Waals surface area (Å²) in [5.74, 6) is 1.37. The van der Waals surface area contributed by atoms with Gasteiger partial charge in [-0.25, -0.2) is 0 Å². The summed E-state index contributed by atoms with van der Waals surface area (Å²) >= 11 is 0. The molecule has 1 saturated heterocycles. The maximum Gasteiger partial charge on any atom is 0.161 e. The van der Waals surface area contributed by atoms with Gasteiger partial charge in [0.15, 0.2) is 11.5 Å². The summed E-state index contributed by atoms with van der Waals surface area (Å²) in [6.07, 6.45) is -0.508. The number of nitrogens with zero attached hydrogens (tertiary/aromatic N) is 1. The zero-order chi connectivity index (χ0) is 14.4. The summed E-state index contributed by atoms with van der Waals surface area (Å²) in [7, 11) is 1.61. The second-order valence-electron chi connectivity index (χ2n) is 4.89. The minimum Gasteiger partial charge on any atom is -0.493 e. The van der Waals surface area contributed by atoms with Gasteiger partial charge in [-0.05, 0) is 24.6 Å². The fraction of sp³-hybridized carbons (Fsp3) is 0.600. The number of hydrogen-bond acceptors (Lipinski definition) is 5. The molecule has 1 aliphatic heterocycles. The highest BCUT2D eigenvalue weighted by Crippen LogP contribution is 2.30. The lowest BCUT2D eigenvalue weighted by molar-refractivity contribution is 0.0321. The predicted molar refractivity (Wildman–Crippen MR) is 76.4 cm³/mol. The van der Waals surface area contributed by atoms with Gasteiger partial charge in [0.1, 0.15) is 6.61 Å². The van der Waals surface area contributed by atoms with Crippen LogP contribution in [0.25, 0.3) is 0 Å². The summed E-state index contributed by atoms with van der Waals surface area (Å²) in [5.41, 5.74) is 0.822. The molecule has 2 rings (SSSR count). The topological polar surface area (TPSA) is 51.2 Å². The molecule has 1 N–H and O–H groups in total. The molecular weight excluding hydrogens is 258 g/mol. The Morgan fingerprint density at radius 3 is 2.70 bits per heavy atom. The fourth-order valence-electron chi connectivity index (χ4n) is 2.17. The van der Waals surface area contributed by atoms with Crippen molar-refractivity contribution in [3.63, 3.8) is 0 Å². The second kappa shape index (κ2) is 7.47. The molecule has 0 bridgehead atoms. The molecule has 1 fully saturated rings. The molecule has 112 valence electrons. The Balaban J connectivity index is 1.88. The largest absolute Gasteiger partial charge is 0.493 e. The van der Waals surface area contributed by atoms with Gasteiger partial charge in [-0.2, -0.15) is 0 Å². The maximum atomic E-state index is 9.57. The maximum absolute atomic E-state index is 9.57. The van der Waals surface area contributed by atoms with E-state index < -0.39 is 6.10 Å². The molecule has 0 aromatic heterocycles. The van der Waals surface area contributed by atoms with E-state index in [-0.39, 0.29) is 0 Å². The fourth-order valence-corrected chi connectivity index (χ4v) is 2.17. The van der Waals surface area contributed by atoms with Gasteiger partial charge in [-0.3, -0.25) is 4.90 Å². The van der Waals surface area contributed by atoms with E-state index in [2.05, 4.69) is 4.90 Å². The van der Waals surface area contributed by atoms with Crippen molar-refractivity contribution in [2.24, 2.45) is 0 Å². The third-order valence-electron chi connectivity index (χ3n) is 3.44. The zero-order valence-corrected chi connectivity index (χ0v) is 12.2. The van der Waals surface area contributed by atoms with Crippen LogP contribution in [0, 0.1) is 0 Å². The minimum absolute atomic E-state index is 0.508. The molecule has 1 aromatic rings. The number of morpholine rings is 1. The molecule has 0 radical (unpaired) electrons. The SMILES string of the molecule is COc1cc([C@@H](C)O)ccc1OCCN1CCOCC1.